The SMILES string of the molecule is CCC(C)(NCc1ccc(OC)c(Cl)c1)C(N)=O. The van der Waals surface area contributed by atoms with E-state index in [9.17, 15) is 4.79 Å². The number of amides is 1. The molecule has 0 saturated heterocycles. The van der Waals surface area contributed by atoms with Gasteiger partial charge in [-0.2, -0.15) is 0 Å². The van der Waals surface area contributed by atoms with Crippen molar-refractivity contribution in [3.05, 3.63) is 28.8 Å². The van der Waals surface area contributed by atoms with E-state index in [1.54, 1.807) is 20.1 Å². The van der Waals surface area contributed by atoms with E-state index in [0.29, 0.717) is 23.7 Å². The molecular formula is C13H19ClN2O2. The van der Waals surface area contributed by atoms with Gasteiger partial charge >= 0.3 is 0 Å². The average molecular weight is 271 g/mol. The summed E-state index contributed by atoms with van der Waals surface area (Å²) in [5, 5.41) is 3.70. The van der Waals surface area contributed by atoms with E-state index in [2.05, 4.69) is 5.32 Å². The number of hydrogen-bond acceptors (Lipinski definition) is 3. The van der Waals surface area contributed by atoms with Crippen LogP contribution < -0.4 is 15.8 Å². The smallest absolute Gasteiger partial charge is 0.237 e. The van der Waals surface area contributed by atoms with Crippen molar-refractivity contribution < 1.29 is 9.53 Å². The third kappa shape index (κ3) is 3.37. The Morgan fingerprint density at radius 3 is 2.67 bits per heavy atom. The predicted molar refractivity (Wildman–Crippen MR) is 72.7 cm³/mol. The van der Waals surface area contributed by atoms with Crippen LogP contribution >= 0.6 is 11.6 Å². The summed E-state index contributed by atoms with van der Waals surface area (Å²) in [7, 11) is 1.57. The van der Waals surface area contributed by atoms with Crippen molar-refractivity contribution >= 4 is 17.5 Å². The van der Waals surface area contributed by atoms with Gasteiger partial charge in [-0.05, 0) is 31.0 Å². The van der Waals surface area contributed by atoms with Gasteiger partial charge in [-0.15, -0.1) is 0 Å². The van der Waals surface area contributed by atoms with Crippen molar-refractivity contribution in [2.45, 2.75) is 32.4 Å². The first kappa shape index (κ1) is 14.8. The average Bonchev–Trinajstić information content (AvgIpc) is 2.35. The lowest BCUT2D eigenvalue weighted by Crippen LogP contribution is -2.52. The number of halogens is 1. The Morgan fingerprint density at radius 2 is 2.22 bits per heavy atom. The molecule has 0 aliphatic rings. The largest absolute Gasteiger partial charge is 0.495 e. The Balaban J connectivity index is 2.74. The van der Waals surface area contributed by atoms with Crippen LogP contribution in [-0.4, -0.2) is 18.6 Å². The molecule has 0 aliphatic carbocycles. The number of hydrogen-bond donors (Lipinski definition) is 2. The molecule has 1 aromatic rings. The molecule has 1 rings (SSSR count). The number of rotatable bonds is 6. The lowest BCUT2D eigenvalue weighted by molar-refractivity contribution is -0.124. The van der Waals surface area contributed by atoms with Gasteiger partial charge in [0.25, 0.3) is 0 Å². The number of carbonyl (C=O) groups excluding carboxylic acids is 1. The van der Waals surface area contributed by atoms with Crippen LogP contribution in [0.4, 0.5) is 0 Å². The molecule has 4 nitrogen and oxygen atoms in total. The lowest BCUT2D eigenvalue weighted by Gasteiger charge is -2.26. The Labute approximate surface area is 112 Å². The van der Waals surface area contributed by atoms with Crippen LogP contribution in [0, 0.1) is 0 Å². The molecule has 1 unspecified atom stereocenters. The van der Waals surface area contributed by atoms with Crippen molar-refractivity contribution in [1.29, 1.82) is 0 Å². The standard InChI is InChI=1S/C13H19ClN2O2/c1-4-13(2,12(15)17)16-8-9-5-6-11(18-3)10(14)7-9/h5-7,16H,4,8H2,1-3H3,(H2,15,17). The molecule has 100 valence electrons. The minimum atomic E-state index is -0.702. The highest BCUT2D eigenvalue weighted by Crippen LogP contribution is 2.25. The van der Waals surface area contributed by atoms with E-state index < -0.39 is 5.54 Å². The molecule has 18 heavy (non-hydrogen) atoms. The van der Waals surface area contributed by atoms with Crippen LogP contribution in [0.2, 0.25) is 5.02 Å². The van der Waals surface area contributed by atoms with E-state index in [4.69, 9.17) is 22.1 Å². The highest BCUT2D eigenvalue weighted by atomic mass is 35.5. The van der Waals surface area contributed by atoms with E-state index in [-0.39, 0.29) is 5.91 Å². The van der Waals surface area contributed by atoms with Gasteiger partial charge in [0.1, 0.15) is 5.75 Å². The Morgan fingerprint density at radius 1 is 1.56 bits per heavy atom. The predicted octanol–water partition coefficient (Wildman–Crippen LogP) is 2.09. The number of ether oxygens (including phenoxy) is 1. The molecule has 5 heteroatoms. The monoisotopic (exact) mass is 270 g/mol. The van der Waals surface area contributed by atoms with E-state index in [0.717, 1.165) is 5.56 Å². The zero-order valence-electron chi connectivity index (χ0n) is 10.9. The zero-order valence-corrected chi connectivity index (χ0v) is 11.7. The number of carbonyl (C=O) groups is 1. The molecule has 0 radical (unpaired) electrons. The molecule has 0 bridgehead atoms. The second kappa shape index (κ2) is 6.07. The first-order chi connectivity index (χ1) is 8.42. The molecule has 3 N–H and O–H groups in total. The second-order valence-corrected chi connectivity index (χ2v) is 4.78. The first-order valence-corrected chi connectivity index (χ1v) is 6.18. The van der Waals surface area contributed by atoms with Gasteiger partial charge in [-0.25, -0.2) is 0 Å². The molecule has 0 aromatic heterocycles. The van der Waals surface area contributed by atoms with Gasteiger partial charge in [-0.3, -0.25) is 10.1 Å². The van der Waals surface area contributed by atoms with Crippen molar-refractivity contribution in [2.24, 2.45) is 5.73 Å². The summed E-state index contributed by atoms with van der Waals surface area (Å²) < 4.78 is 5.08. The van der Waals surface area contributed by atoms with Crippen molar-refractivity contribution in [3.63, 3.8) is 0 Å². The first-order valence-electron chi connectivity index (χ1n) is 5.80. The molecule has 0 aliphatic heterocycles. The Kier molecular flexibility index (Phi) is 4.99. The Hall–Kier alpha value is -1.26. The van der Waals surface area contributed by atoms with Crippen molar-refractivity contribution in [2.75, 3.05) is 7.11 Å². The maximum Gasteiger partial charge on any atom is 0.237 e. The fraction of sp³-hybridized carbons (Fsp3) is 0.462. The molecule has 0 saturated carbocycles. The maximum atomic E-state index is 11.4. The second-order valence-electron chi connectivity index (χ2n) is 4.37. The van der Waals surface area contributed by atoms with E-state index in [1.165, 1.54) is 0 Å². The summed E-state index contributed by atoms with van der Waals surface area (Å²) in [5.41, 5.74) is 5.65. The van der Waals surface area contributed by atoms with Crippen LogP contribution in [0.25, 0.3) is 0 Å². The summed E-state index contributed by atoms with van der Waals surface area (Å²) in [4.78, 5) is 11.4. The minimum absolute atomic E-state index is 0.357. The fourth-order valence-corrected chi connectivity index (χ4v) is 1.78. The molecule has 1 aromatic carbocycles. The zero-order chi connectivity index (χ0) is 13.8. The van der Waals surface area contributed by atoms with Gasteiger partial charge in [0.05, 0.1) is 17.7 Å². The summed E-state index contributed by atoms with van der Waals surface area (Å²) in [6, 6.07) is 5.51. The van der Waals surface area contributed by atoms with E-state index >= 15 is 0 Å². The highest BCUT2D eigenvalue weighted by Gasteiger charge is 2.27. The van der Waals surface area contributed by atoms with Crippen LogP contribution in [0.5, 0.6) is 5.75 Å². The van der Waals surface area contributed by atoms with E-state index in [1.807, 2.05) is 19.1 Å². The van der Waals surface area contributed by atoms with Gasteiger partial charge in [-0.1, -0.05) is 24.6 Å². The maximum absolute atomic E-state index is 11.4. The molecule has 0 spiro atoms. The lowest BCUT2D eigenvalue weighted by atomic mass is 9.97. The number of nitrogens with two attached hydrogens (primary N) is 1. The highest BCUT2D eigenvalue weighted by molar-refractivity contribution is 6.32. The summed E-state index contributed by atoms with van der Waals surface area (Å²) >= 11 is 6.03. The Bertz CT molecular complexity index is 437. The number of benzene rings is 1. The minimum Gasteiger partial charge on any atom is -0.495 e. The number of methoxy groups -OCH3 is 1. The normalized spacial score (nSPS) is 14.0. The quantitative estimate of drug-likeness (QED) is 0.832. The summed E-state index contributed by atoms with van der Waals surface area (Å²) in [6.07, 6.45) is 0.631. The van der Waals surface area contributed by atoms with Crippen molar-refractivity contribution in [1.82, 2.24) is 5.32 Å². The van der Waals surface area contributed by atoms with Crippen LogP contribution in [0.15, 0.2) is 18.2 Å². The third-order valence-corrected chi connectivity index (χ3v) is 3.45. The third-order valence-electron chi connectivity index (χ3n) is 3.15. The number of nitrogens with one attached hydrogen (secondary N) is 1. The van der Waals surface area contributed by atoms with Crippen LogP contribution in [0.3, 0.4) is 0 Å². The molecule has 1 atom stereocenters. The van der Waals surface area contributed by atoms with Crippen LogP contribution in [-0.2, 0) is 11.3 Å². The fourth-order valence-electron chi connectivity index (χ4n) is 1.50. The van der Waals surface area contributed by atoms with Gasteiger partial charge in [0.15, 0.2) is 0 Å². The molecule has 0 heterocycles. The molecule has 0 fully saturated rings. The van der Waals surface area contributed by atoms with Gasteiger partial charge in [0, 0.05) is 6.54 Å². The van der Waals surface area contributed by atoms with Crippen molar-refractivity contribution in [3.8, 4) is 5.75 Å². The summed E-state index contributed by atoms with van der Waals surface area (Å²) in [6.45, 7) is 4.23. The number of primary amides is 1. The topological polar surface area (TPSA) is 64.3 Å². The van der Waals surface area contributed by atoms with Gasteiger partial charge in [0.2, 0.25) is 5.91 Å². The van der Waals surface area contributed by atoms with Crippen LogP contribution in [0.1, 0.15) is 25.8 Å². The summed E-state index contributed by atoms with van der Waals surface area (Å²) in [5.74, 6) is 0.276. The molecule has 1 amide bonds. The molecular weight excluding hydrogens is 252 g/mol. The van der Waals surface area contributed by atoms with Gasteiger partial charge < -0.3 is 10.5 Å².